The molecule has 3 atom stereocenters. The number of hydrogen-bond donors (Lipinski definition) is 4. The third kappa shape index (κ3) is 37.2. The molecule has 2 rings (SSSR count). The molecule has 0 unspecified atom stereocenters. The van der Waals surface area contributed by atoms with Crippen LogP contribution in [-0.4, -0.2) is 257 Å². The second-order valence-corrected chi connectivity index (χ2v) is 27.0. The molecule has 6 amide bonds. The summed E-state index contributed by atoms with van der Waals surface area (Å²) in [6.45, 7) is 3.64. The van der Waals surface area contributed by atoms with Crippen LogP contribution in [0.25, 0.3) is 0 Å². The van der Waals surface area contributed by atoms with Crippen molar-refractivity contribution in [3.63, 3.8) is 0 Å². The maximum absolute atomic E-state index is 14.3. The van der Waals surface area contributed by atoms with Gasteiger partial charge in [0.05, 0.1) is 38.2 Å². The Morgan fingerprint density at radius 1 is 0.591 bits per heavy atom. The summed E-state index contributed by atoms with van der Waals surface area (Å²) >= 11 is 0. The number of Topliss-reactive ketones (excluding diaryl/α,β-unsaturated/α-hetero) is 4. The molecule has 524 valence electrons. The number of carboxylic acids is 1. The number of aromatic nitrogens is 1. The van der Waals surface area contributed by atoms with Crippen LogP contribution in [0.2, 0.25) is 0 Å². The predicted molar refractivity (Wildman–Crippen MR) is 355 cm³/mol. The number of ketones is 4. The molecule has 0 spiro atoms. The van der Waals surface area contributed by atoms with Crippen molar-refractivity contribution < 1.29 is 71.4 Å². The van der Waals surface area contributed by atoms with E-state index in [1.807, 2.05) is 28.2 Å². The van der Waals surface area contributed by atoms with E-state index in [0.29, 0.717) is 120 Å². The molecule has 0 saturated heterocycles. The molecule has 0 saturated carbocycles. The zero-order chi connectivity index (χ0) is 69.4. The molecule has 0 aliphatic heterocycles. The Morgan fingerprint density at radius 2 is 1.12 bits per heavy atom. The number of rotatable bonds is 52. The summed E-state index contributed by atoms with van der Waals surface area (Å²) in [7, 11) is 20.3. The van der Waals surface area contributed by atoms with Crippen molar-refractivity contribution in [3.8, 4) is 0 Å². The number of amides is 6. The number of ether oxygens (including phenoxy) is 1. The first-order valence-electron chi connectivity index (χ1n) is 32.0. The lowest BCUT2D eigenvalue weighted by Gasteiger charge is -2.26. The lowest BCUT2D eigenvalue weighted by molar-refractivity contribution is -0.145. The first-order chi connectivity index (χ1) is 44.1. The Hall–Kier alpha value is -6.53. The van der Waals surface area contributed by atoms with Crippen molar-refractivity contribution in [2.75, 3.05) is 142 Å². The number of nitrogens with zero attached hydrogens (tertiary/aromatic N) is 8. The van der Waals surface area contributed by atoms with Gasteiger partial charge in [-0.2, -0.15) is 0 Å². The third-order valence-corrected chi connectivity index (χ3v) is 17.2. The number of nitrogens with one attached hydrogen (secondary N) is 3. The van der Waals surface area contributed by atoms with Gasteiger partial charge in [0.1, 0.15) is 34.2 Å². The van der Waals surface area contributed by atoms with Crippen molar-refractivity contribution in [1.82, 2.24) is 55.2 Å². The molecule has 27 nitrogen and oxygen atoms in total. The molecule has 0 bridgehead atoms. The van der Waals surface area contributed by atoms with Gasteiger partial charge in [0.25, 0.3) is 5.91 Å². The fraction of sp³-hybridized carbons (Fsp3) is 0.703. The molecule has 0 aliphatic carbocycles. The normalized spacial score (nSPS) is 12.3. The Balaban J connectivity index is 2.06. The average molecular weight is 1350 g/mol. The molecule has 93 heavy (non-hydrogen) atoms. The van der Waals surface area contributed by atoms with Crippen LogP contribution in [0.1, 0.15) is 144 Å². The number of carbonyl (C=O) groups excluding carboxylic acids is 10. The van der Waals surface area contributed by atoms with E-state index in [2.05, 4.69) is 20.9 Å². The molecular formula is C64H105N11O16S2. The van der Waals surface area contributed by atoms with Crippen LogP contribution in [0, 0.1) is 18.8 Å². The quantitative estimate of drug-likeness (QED) is 0.0510. The van der Waals surface area contributed by atoms with Crippen LogP contribution in [0.3, 0.4) is 0 Å². The minimum absolute atomic E-state index is 0.0102. The van der Waals surface area contributed by atoms with Crippen LogP contribution in [0.15, 0.2) is 37.0 Å². The summed E-state index contributed by atoms with van der Waals surface area (Å²) in [5.41, 5.74) is 0.366. The molecule has 0 fully saturated rings. The van der Waals surface area contributed by atoms with E-state index in [1.54, 1.807) is 75.6 Å². The fourth-order valence-corrected chi connectivity index (χ4v) is 11.9. The number of unbranched alkanes of at least 4 members (excludes halogenated alkanes) is 6. The van der Waals surface area contributed by atoms with Gasteiger partial charge in [-0.1, -0.05) is 30.1 Å². The summed E-state index contributed by atoms with van der Waals surface area (Å²) < 4.78 is 14.7. The fourth-order valence-electron chi connectivity index (χ4n) is 9.91. The number of aryl methyl sites for hydroxylation is 1. The topological polar surface area (TPSA) is 332 Å². The van der Waals surface area contributed by atoms with Crippen LogP contribution in [0.5, 0.6) is 0 Å². The van der Waals surface area contributed by atoms with E-state index in [9.17, 15) is 62.6 Å². The van der Waals surface area contributed by atoms with E-state index < -0.39 is 54.0 Å². The van der Waals surface area contributed by atoms with E-state index >= 15 is 0 Å². The van der Waals surface area contributed by atoms with Gasteiger partial charge in [-0.15, -0.1) is 0 Å². The third-order valence-electron chi connectivity index (χ3n) is 14.9. The van der Waals surface area contributed by atoms with Crippen LogP contribution < -0.4 is 21.8 Å². The standard InChI is InChI=1S/C64H105N11O16S2/c1-46-55(91-64(88)90-46)45-89-63(87)73(10)35-32-67-61(85)52(39-60(83)84)74(11)59(82)27-13-12-22-36-92-93-58-29-28-49(40-68-58)62(86)75(33-20-16-25-53(78)47(37-50(76)41-69(2)3)23-14-18-30-65-56(80)43-71(6)7)34-21-17-26-54(79)48(38-51(77)42-70(4)5)24-15-19-31-66-57(81)44-72(8)9/h28-29,40,47-48,52H,12-27,30-39,41-45H2,1-11H3,(H,65,80)(H,66,81)(H,67,85)(H,83,84)/t47-,48-,52+/m1/s1. The first kappa shape index (κ1) is 82.6. The van der Waals surface area contributed by atoms with Crippen molar-refractivity contribution in [2.24, 2.45) is 11.8 Å². The summed E-state index contributed by atoms with van der Waals surface area (Å²) in [6.07, 6.45) is 8.48. The Morgan fingerprint density at radius 3 is 1.59 bits per heavy atom. The summed E-state index contributed by atoms with van der Waals surface area (Å²) in [5.74, 6) is -3.82. The minimum atomic E-state index is -1.30. The second kappa shape index (κ2) is 46.5. The summed E-state index contributed by atoms with van der Waals surface area (Å²) in [6, 6.07) is 2.19. The van der Waals surface area contributed by atoms with Crippen LogP contribution in [0.4, 0.5) is 4.79 Å². The van der Waals surface area contributed by atoms with Gasteiger partial charge in [-0.3, -0.25) is 47.9 Å². The minimum Gasteiger partial charge on any atom is -0.481 e. The molecule has 0 radical (unpaired) electrons. The Bertz CT molecular complexity index is 2640. The molecule has 29 heteroatoms. The van der Waals surface area contributed by atoms with E-state index in [0.717, 1.165) is 16.2 Å². The van der Waals surface area contributed by atoms with E-state index in [1.165, 1.54) is 38.0 Å². The smallest absolute Gasteiger partial charge is 0.481 e. The van der Waals surface area contributed by atoms with Crippen molar-refractivity contribution >= 4 is 86.3 Å². The van der Waals surface area contributed by atoms with Crippen LogP contribution >= 0.6 is 21.6 Å². The molecular weight excluding hydrogens is 1240 g/mol. The summed E-state index contributed by atoms with van der Waals surface area (Å²) in [4.78, 5) is 169. The van der Waals surface area contributed by atoms with Gasteiger partial charge in [0.15, 0.2) is 18.1 Å². The van der Waals surface area contributed by atoms with Crippen molar-refractivity contribution in [3.05, 3.63) is 46.0 Å². The highest BCUT2D eigenvalue weighted by Crippen LogP contribution is 2.31. The molecule has 0 aromatic carbocycles. The number of hydrogen-bond acceptors (Lipinski definition) is 22. The first-order valence-corrected chi connectivity index (χ1v) is 34.4. The Kier molecular flexibility index (Phi) is 41.3. The molecule has 2 aromatic heterocycles. The highest BCUT2D eigenvalue weighted by molar-refractivity contribution is 8.76. The molecule has 0 aliphatic rings. The zero-order valence-electron chi connectivity index (χ0n) is 56.8. The Labute approximate surface area is 556 Å². The maximum atomic E-state index is 14.3. The van der Waals surface area contributed by atoms with Gasteiger partial charge in [-0.25, -0.2) is 14.6 Å². The number of likely N-dealkylation sites (N-methyl/N-ethyl adjacent to an activating group) is 6. The number of carbonyl (C=O) groups is 11. The van der Waals surface area contributed by atoms with Crippen molar-refractivity contribution in [2.45, 2.75) is 147 Å². The summed E-state index contributed by atoms with van der Waals surface area (Å²) in [5, 5.41) is 18.6. The zero-order valence-corrected chi connectivity index (χ0v) is 58.5. The van der Waals surface area contributed by atoms with Gasteiger partial charge >= 0.3 is 17.9 Å². The van der Waals surface area contributed by atoms with E-state index in [-0.39, 0.29) is 130 Å². The molecule has 2 aromatic rings. The highest BCUT2D eigenvalue weighted by Gasteiger charge is 2.30. The number of pyridine rings is 1. The number of aliphatic carboxylic acids is 1. The van der Waals surface area contributed by atoms with E-state index in [4.69, 9.17) is 13.6 Å². The molecule has 4 N–H and O–H groups in total. The monoisotopic (exact) mass is 1350 g/mol. The van der Waals surface area contributed by atoms with Gasteiger partial charge in [0, 0.05) is 109 Å². The van der Waals surface area contributed by atoms with Gasteiger partial charge in [-0.05, 0) is 150 Å². The largest absolute Gasteiger partial charge is 0.519 e. The van der Waals surface area contributed by atoms with Gasteiger partial charge < -0.3 is 68.9 Å². The average Bonchev–Trinajstić information content (AvgIpc) is 1.90. The van der Waals surface area contributed by atoms with Crippen molar-refractivity contribution in [1.29, 1.82) is 0 Å². The lowest BCUT2D eigenvalue weighted by atomic mass is 9.89. The molecule has 2 heterocycles. The second-order valence-electron chi connectivity index (χ2n) is 24.6. The van der Waals surface area contributed by atoms with Gasteiger partial charge in [0.2, 0.25) is 23.6 Å². The maximum Gasteiger partial charge on any atom is 0.519 e. The van der Waals surface area contributed by atoms with Crippen LogP contribution in [-0.2, 0) is 54.5 Å². The number of carboxylic acid groups (broad SMARTS) is 1. The lowest BCUT2D eigenvalue weighted by Crippen LogP contribution is -2.50. The SMILES string of the molecule is Cc1oc(=O)oc1COC(=O)N(C)CCNC(=O)[C@H](CC(=O)O)N(C)C(=O)CCCCCSSc1ccc(C(=O)N(CCCCC(=O)[C@H](CCCCNC(=O)CN(C)C)CC(=O)CN(C)C)CCCCC(=O)[C@H](CCCCNC(=O)CN(C)C)CC(=O)CN(C)C)cn1. The predicted octanol–water partition coefficient (Wildman–Crippen LogP) is 4.81. The highest BCUT2D eigenvalue weighted by atomic mass is 33.1.